The molecule has 2 aromatic heterocycles. The van der Waals surface area contributed by atoms with Crippen LogP contribution in [-0.4, -0.2) is 9.13 Å². The number of rotatable bonds is 9. The van der Waals surface area contributed by atoms with Crippen LogP contribution in [0.3, 0.4) is 0 Å². The Morgan fingerprint density at radius 1 is 0.727 bits per heavy atom. The third kappa shape index (κ3) is 7.09. The van der Waals surface area contributed by atoms with Crippen LogP contribution in [0.1, 0.15) is 39.5 Å². The van der Waals surface area contributed by atoms with Crippen molar-refractivity contribution in [1.82, 2.24) is 9.13 Å². The second-order valence-electron chi connectivity index (χ2n) is 5.49. The molecule has 0 saturated carbocycles. The molecule has 4 nitrogen and oxygen atoms in total. The largest absolute Gasteiger partial charge is 1.00 e. The normalized spacial score (nSPS) is 10.1. The molecule has 0 aliphatic heterocycles. The van der Waals surface area contributed by atoms with E-state index in [1.807, 2.05) is 0 Å². The summed E-state index contributed by atoms with van der Waals surface area (Å²) in [6.07, 6.45) is 18.1. The number of aryl methyl sites for hydroxylation is 4. The van der Waals surface area contributed by atoms with Gasteiger partial charge in [0.05, 0.1) is 13.1 Å². The third-order valence-electron chi connectivity index (χ3n) is 3.65. The first-order valence-corrected chi connectivity index (χ1v) is 7.91. The highest BCUT2D eigenvalue weighted by atomic mass is 79.9. The molecule has 0 saturated heterocycles. The lowest BCUT2D eigenvalue weighted by Crippen LogP contribution is -3.00. The number of imidazole rings is 2. The van der Waals surface area contributed by atoms with Crippen LogP contribution >= 0.6 is 0 Å². The van der Waals surface area contributed by atoms with Crippen molar-refractivity contribution in [3.8, 4) is 0 Å². The summed E-state index contributed by atoms with van der Waals surface area (Å²) in [6, 6.07) is 0. The average Bonchev–Trinajstić information content (AvgIpc) is 3.10. The lowest BCUT2D eigenvalue weighted by atomic mass is 10.3. The lowest BCUT2D eigenvalue weighted by Gasteiger charge is -1.95. The van der Waals surface area contributed by atoms with Crippen molar-refractivity contribution in [2.75, 3.05) is 0 Å². The molecule has 0 bridgehead atoms. The maximum Gasteiger partial charge on any atom is 0.243 e. The molecule has 0 N–H and O–H groups in total. The van der Waals surface area contributed by atoms with E-state index in [1.54, 1.807) is 0 Å². The van der Waals surface area contributed by atoms with Crippen molar-refractivity contribution in [2.24, 2.45) is 0 Å². The first kappa shape index (κ1) is 21.4. The van der Waals surface area contributed by atoms with Gasteiger partial charge < -0.3 is 34.0 Å². The minimum atomic E-state index is 0. The molecule has 126 valence electrons. The fourth-order valence-corrected chi connectivity index (χ4v) is 2.32. The molecule has 2 aromatic rings. The van der Waals surface area contributed by atoms with Gasteiger partial charge >= 0.3 is 0 Å². The van der Waals surface area contributed by atoms with Crippen LogP contribution in [0.15, 0.2) is 37.4 Å². The molecule has 0 unspecified atom stereocenters. The van der Waals surface area contributed by atoms with Crippen molar-refractivity contribution in [2.45, 2.75) is 65.7 Å². The maximum atomic E-state index is 2.28. The molecular formula is C16H28Br2N4. The quantitative estimate of drug-likeness (QED) is 0.359. The minimum absolute atomic E-state index is 0. The van der Waals surface area contributed by atoms with E-state index in [2.05, 4.69) is 69.6 Å². The Morgan fingerprint density at radius 2 is 1.14 bits per heavy atom. The van der Waals surface area contributed by atoms with Gasteiger partial charge in [-0.3, -0.25) is 0 Å². The number of halogens is 2. The van der Waals surface area contributed by atoms with Crippen LogP contribution in [0.4, 0.5) is 0 Å². The zero-order valence-electron chi connectivity index (χ0n) is 13.7. The molecule has 0 atom stereocenters. The zero-order chi connectivity index (χ0) is 14.2. The van der Waals surface area contributed by atoms with Crippen LogP contribution in [0.5, 0.6) is 0 Å². The van der Waals surface area contributed by atoms with E-state index in [9.17, 15) is 0 Å². The van der Waals surface area contributed by atoms with Crippen LogP contribution in [0.2, 0.25) is 0 Å². The SMILES string of the molecule is CCCC[n+]1ccn(CCn2cc[n+](CCCC)c2)c1.[Br-].[Br-]. The fraction of sp³-hybridized carbons (Fsp3) is 0.625. The molecule has 2 heterocycles. The van der Waals surface area contributed by atoms with Crippen LogP contribution in [0.25, 0.3) is 0 Å². The van der Waals surface area contributed by atoms with Gasteiger partial charge in [0.25, 0.3) is 0 Å². The monoisotopic (exact) mass is 434 g/mol. The lowest BCUT2D eigenvalue weighted by molar-refractivity contribution is -0.697. The van der Waals surface area contributed by atoms with E-state index in [-0.39, 0.29) is 34.0 Å². The van der Waals surface area contributed by atoms with Crippen molar-refractivity contribution in [3.63, 3.8) is 0 Å². The van der Waals surface area contributed by atoms with E-state index in [0.717, 1.165) is 26.2 Å². The second kappa shape index (κ2) is 11.9. The highest BCUT2D eigenvalue weighted by Crippen LogP contribution is 1.93. The number of nitrogens with zero attached hydrogens (tertiary/aromatic N) is 4. The van der Waals surface area contributed by atoms with Crippen LogP contribution in [-0.2, 0) is 26.2 Å². The van der Waals surface area contributed by atoms with Crippen molar-refractivity contribution >= 4 is 0 Å². The van der Waals surface area contributed by atoms with Gasteiger partial charge in [0.2, 0.25) is 12.7 Å². The van der Waals surface area contributed by atoms with Gasteiger partial charge in [0.1, 0.15) is 37.9 Å². The van der Waals surface area contributed by atoms with E-state index in [0.29, 0.717) is 0 Å². The van der Waals surface area contributed by atoms with Crippen LogP contribution in [0, 0.1) is 0 Å². The first-order valence-electron chi connectivity index (χ1n) is 7.91. The molecule has 22 heavy (non-hydrogen) atoms. The number of aromatic nitrogens is 4. The first-order chi connectivity index (χ1) is 9.81. The summed E-state index contributed by atoms with van der Waals surface area (Å²) >= 11 is 0. The highest BCUT2D eigenvalue weighted by Gasteiger charge is 2.07. The topological polar surface area (TPSA) is 17.6 Å². The Labute approximate surface area is 155 Å². The van der Waals surface area contributed by atoms with Gasteiger partial charge in [-0.15, -0.1) is 0 Å². The third-order valence-corrected chi connectivity index (χ3v) is 3.65. The molecule has 0 aromatic carbocycles. The van der Waals surface area contributed by atoms with Crippen molar-refractivity contribution in [3.05, 3.63) is 37.4 Å². The van der Waals surface area contributed by atoms with E-state index in [4.69, 9.17) is 0 Å². The molecule has 0 aliphatic rings. The molecule has 2 rings (SSSR count). The predicted molar refractivity (Wildman–Crippen MR) is 79.1 cm³/mol. The summed E-state index contributed by atoms with van der Waals surface area (Å²) in [5.41, 5.74) is 0. The summed E-state index contributed by atoms with van der Waals surface area (Å²) in [5, 5.41) is 0. The number of unbranched alkanes of at least 4 members (excludes halogenated alkanes) is 2. The Kier molecular flexibility index (Phi) is 11.5. The van der Waals surface area contributed by atoms with Crippen LogP contribution < -0.4 is 43.1 Å². The second-order valence-corrected chi connectivity index (χ2v) is 5.49. The molecular weight excluding hydrogens is 408 g/mol. The summed E-state index contributed by atoms with van der Waals surface area (Å²) in [6.45, 7) is 8.78. The Balaban J connectivity index is 0.00000220. The van der Waals surface area contributed by atoms with Crippen molar-refractivity contribution < 1.29 is 43.1 Å². The molecule has 0 radical (unpaired) electrons. The minimum Gasteiger partial charge on any atom is -1.00 e. The molecule has 0 aliphatic carbocycles. The summed E-state index contributed by atoms with van der Waals surface area (Å²) in [5.74, 6) is 0. The Morgan fingerprint density at radius 3 is 1.50 bits per heavy atom. The van der Waals surface area contributed by atoms with E-state index >= 15 is 0 Å². The number of hydrogen-bond donors (Lipinski definition) is 0. The standard InChI is InChI=1S/C16H28N4.2BrH/c1-3-5-7-17-9-11-19(15-17)13-14-20-12-10-18(16-20)8-6-4-2;;/h9-12,15-16H,3-8,13-14H2,1-2H3;2*1H/q+2;;/p-2. The summed E-state index contributed by atoms with van der Waals surface area (Å²) < 4.78 is 9.10. The van der Waals surface area contributed by atoms with Gasteiger partial charge in [-0.2, -0.15) is 0 Å². The summed E-state index contributed by atoms with van der Waals surface area (Å²) in [4.78, 5) is 0. The van der Waals surface area contributed by atoms with E-state index in [1.165, 1.54) is 25.7 Å². The maximum absolute atomic E-state index is 2.28. The highest BCUT2D eigenvalue weighted by molar-refractivity contribution is 4.70. The van der Waals surface area contributed by atoms with Gasteiger partial charge in [0, 0.05) is 0 Å². The average molecular weight is 436 g/mol. The zero-order valence-corrected chi connectivity index (χ0v) is 16.8. The van der Waals surface area contributed by atoms with Crippen molar-refractivity contribution in [1.29, 1.82) is 0 Å². The fourth-order valence-electron chi connectivity index (χ4n) is 2.32. The summed E-state index contributed by atoms with van der Waals surface area (Å²) in [7, 11) is 0. The molecule has 6 heteroatoms. The Bertz CT molecular complexity index is 461. The number of hydrogen-bond acceptors (Lipinski definition) is 0. The van der Waals surface area contributed by atoms with Gasteiger partial charge in [-0.1, -0.05) is 26.7 Å². The van der Waals surface area contributed by atoms with Gasteiger partial charge in [0.15, 0.2) is 0 Å². The van der Waals surface area contributed by atoms with Gasteiger partial charge in [-0.05, 0) is 12.8 Å². The van der Waals surface area contributed by atoms with E-state index < -0.39 is 0 Å². The molecule has 0 fully saturated rings. The smallest absolute Gasteiger partial charge is 0.243 e. The molecule has 0 spiro atoms. The predicted octanol–water partition coefficient (Wildman–Crippen LogP) is -3.83. The Hall–Kier alpha value is -0.620. The van der Waals surface area contributed by atoms with Gasteiger partial charge in [-0.25, -0.2) is 18.3 Å². The molecule has 0 amide bonds.